The molecule has 1 atom stereocenters. The highest BCUT2D eigenvalue weighted by atomic mass is 19.1. The van der Waals surface area contributed by atoms with Gasteiger partial charge in [0.1, 0.15) is 5.82 Å². The van der Waals surface area contributed by atoms with Crippen LogP contribution in [0, 0.1) is 5.82 Å². The van der Waals surface area contributed by atoms with Gasteiger partial charge in [-0.25, -0.2) is 4.39 Å². The lowest BCUT2D eigenvalue weighted by atomic mass is 10.1. The third kappa shape index (κ3) is 4.13. The summed E-state index contributed by atoms with van der Waals surface area (Å²) >= 11 is 0. The average molecular weight is 286 g/mol. The van der Waals surface area contributed by atoms with Gasteiger partial charge in [-0.3, -0.25) is 4.79 Å². The van der Waals surface area contributed by atoms with E-state index in [1.54, 1.807) is 25.2 Å². The van der Waals surface area contributed by atoms with Crippen LogP contribution in [-0.4, -0.2) is 23.9 Å². The number of halogens is 1. The van der Waals surface area contributed by atoms with Crippen molar-refractivity contribution >= 4 is 5.91 Å². The van der Waals surface area contributed by atoms with Crippen LogP contribution in [-0.2, 0) is 17.8 Å². The van der Waals surface area contributed by atoms with Crippen molar-refractivity contribution in [3.05, 3.63) is 71.5 Å². The Hall–Kier alpha value is -2.20. The second-order valence-electron chi connectivity index (χ2n) is 5.08. The third-order valence-electron chi connectivity index (χ3n) is 3.36. The quantitative estimate of drug-likeness (QED) is 0.917. The highest BCUT2D eigenvalue weighted by molar-refractivity contribution is 5.81. The number of hydrogen-bond acceptors (Lipinski definition) is 2. The molecular weight excluding hydrogens is 267 g/mol. The molecule has 0 aliphatic heterocycles. The van der Waals surface area contributed by atoms with Crippen molar-refractivity contribution in [2.75, 3.05) is 7.05 Å². The number of benzene rings is 2. The minimum Gasteiger partial charge on any atom is -0.340 e. The number of carbonyl (C=O) groups excluding carboxylic acids is 1. The summed E-state index contributed by atoms with van der Waals surface area (Å²) in [6.07, 6.45) is 0.473. The zero-order valence-corrected chi connectivity index (χ0v) is 12.0. The van der Waals surface area contributed by atoms with Crippen LogP contribution in [0.15, 0.2) is 54.6 Å². The Bertz CT molecular complexity index is 601. The summed E-state index contributed by atoms with van der Waals surface area (Å²) in [7, 11) is 1.64. The van der Waals surface area contributed by atoms with Gasteiger partial charge in [0.15, 0.2) is 0 Å². The van der Waals surface area contributed by atoms with Crippen LogP contribution in [0.4, 0.5) is 4.39 Å². The van der Waals surface area contributed by atoms with Gasteiger partial charge < -0.3 is 10.6 Å². The van der Waals surface area contributed by atoms with Crippen molar-refractivity contribution in [1.29, 1.82) is 0 Å². The summed E-state index contributed by atoms with van der Waals surface area (Å²) in [4.78, 5) is 13.7. The molecule has 0 bridgehead atoms. The summed E-state index contributed by atoms with van der Waals surface area (Å²) in [5, 5.41) is 0. The minimum absolute atomic E-state index is 0.192. The van der Waals surface area contributed by atoms with E-state index < -0.39 is 6.04 Å². The van der Waals surface area contributed by atoms with Crippen LogP contribution >= 0.6 is 0 Å². The van der Waals surface area contributed by atoms with Gasteiger partial charge in [0.25, 0.3) is 0 Å². The van der Waals surface area contributed by atoms with Gasteiger partial charge in [0.05, 0.1) is 6.04 Å². The van der Waals surface area contributed by atoms with Crippen LogP contribution in [0.25, 0.3) is 0 Å². The fourth-order valence-corrected chi connectivity index (χ4v) is 2.20. The first kappa shape index (κ1) is 15.2. The predicted molar refractivity (Wildman–Crippen MR) is 81.0 cm³/mol. The zero-order valence-electron chi connectivity index (χ0n) is 12.0. The average Bonchev–Trinajstić information content (AvgIpc) is 2.49. The number of hydrogen-bond donors (Lipinski definition) is 1. The van der Waals surface area contributed by atoms with Crippen molar-refractivity contribution in [2.24, 2.45) is 5.73 Å². The van der Waals surface area contributed by atoms with Gasteiger partial charge in [-0.15, -0.1) is 0 Å². The van der Waals surface area contributed by atoms with Crippen LogP contribution in [0.5, 0.6) is 0 Å². The lowest BCUT2D eigenvalue weighted by Gasteiger charge is -2.21. The fourth-order valence-electron chi connectivity index (χ4n) is 2.20. The molecule has 4 heteroatoms. The van der Waals surface area contributed by atoms with Crippen LogP contribution < -0.4 is 5.73 Å². The van der Waals surface area contributed by atoms with Crippen molar-refractivity contribution < 1.29 is 9.18 Å². The van der Waals surface area contributed by atoms with E-state index in [1.807, 2.05) is 30.3 Å². The number of amides is 1. The molecule has 0 aromatic heterocycles. The van der Waals surface area contributed by atoms with Crippen LogP contribution in [0.2, 0.25) is 0 Å². The van der Waals surface area contributed by atoms with Gasteiger partial charge in [0, 0.05) is 19.2 Å². The fraction of sp³-hybridized carbons (Fsp3) is 0.235. The van der Waals surface area contributed by atoms with Gasteiger partial charge >= 0.3 is 0 Å². The van der Waals surface area contributed by atoms with E-state index >= 15 is 0 Å². The highest BCUT2D eigenvalue weighted by Crippen LogP contribution is 2.10. The second kappa shape index (κ2) is 6.99. The van der Waals surface area contributed by atoms with E-state index in [0.717, 1.165) is 5.56 Å². The molecule has 0 saturated carbocycles. The second-order valence-corrected chi connectivity index (χ2v) is 5.08. The molecular formula is C17H19FN2O. The molecule has 2 N–H and O–H groups in total. The molecule has 0 aliphatic carbocycles. The van der Waals surface area contributed by atoms with E-state index in [2.05, 4.69) is 0 Å². The number of nitrogens with two attached hydrogens (primary N) is 1. The first-order valence-electron chi connectivity index (χ1n) is 6.86. The Morgan fingerprint density at radius 3 is 2.43 bits per heavy atom. The maximum Gasteiger partial charge on any atom is 0.239 e. The standard InChI is InChI=1S/C17H19FN2O/c1-20(12-14-9-5-6-10-15(14)18)17(21)16(19)11-13-7-3-2-4-8-13/h2-10,16H,11-12,19H2,1H3/t16-/m1/s1. The van der Waals surface area contributed by atoms with E-state index in [0.29, 0.717) is 12.0 Å². The van der Waals surface area contributed by atoms with Gasteiger partial charge in [-0.2, -0.15) is 0 Å². The van der Waals surface area contributed by atoms with Crippen molar-refractivity contribution in [1.82, 2.24) is 4.90 Å². The molecule has 2 rings (SSSR count). The predicted octanol–water partition coefficient (Wildman–Crippen LogP) is 2.35. The highest BCUT2D eigenvalue weighted by Gasteiger charge is 2.19. The first-order chi connectivity index (χ1) is 10.1. The minimum atomic E-state index is -0.621. The molecule has 0 unspecified atom stereocenters. The van der Waals surface area contributed by atoms with Crippen molar-refractivity contribution in [3.8, 4) is 0 Å². The first-order valence-corrected chi connectivity index (χ1v) is 6.86. The Balaban J connectivity index is 1.97. The maximum absolute atomic E-state index is 13.6. The summed E-state index contributed by atoms with van der Waals surface area (Å²) in [6, 6.07) is 15.4. The van der Waals surface area contributed by atoms with E-state index in [9.17, 15) is 9.18 Å². The summed E-state index contributed by atoms with van der Waals surface area (Å²) in [5.41, 5.74) is 7.45. The topological polar surface area (TPSA) is 46.3 Å². The number of carbonyl (C=O) groups is 1. The monoisotopic (exact) mass is 286 g/mol. The third-order valence-corrected chi connectivity index (χ3v) is 3.36. The van der Waals surface area contributed by atoms with Crippen molar-refractivity contribution in [2.45, 2.75) is 19.0 Å². The Morgan fingerprint density at radius 1 is 1.14 bits per heavy atom. The number of likely N-dealkylation sites (N-methyl/N-ethyl adjacent to an activating group) is 1. The van der Waals surface area contributed by atoms with E-state index in [1.165, 1.54) is 11.0 Å². The van der Waals surface area contributed by atoms with Gasteiger partial charge in [-0.1, -0.05) is 48.5 Å². The largest absolute Gasteiger partial charge is 0.340 e. The molecule has 0 radical (unpaired) electrons. The molecule has 110 valence electrons. The number of rotatable bonds is 5. The molecule has 2 aromatic carbocycles. The molecule has 0 heterocycles. The molecule has 3 nitrogen and oxygen atoms in total. The van der Waals surface area contributed by atoms with E-state index in [-0.39, 0.29) is 18.3 Å². The Labute approximate surface area is 124 Å². The molecule has 2 aromatic rings. The van der Waals surface area contributed by atoms with E-state index in [4.69, 9.17) is 5.73 Å². The summed E-state index contributed by atoms with van der Waals surface area (Å²) < 4.78 is 13.6. The summed E-state index contributed by atoms with van der Waals surface area (Å²) in [6.45, 7) is 0.216. The van der Waals surface area contributed by atoms with Gasteiger partial charge in [-0.05, 0) is 18.1 Å². The number of nitrogens with zero attached hydrogens (tertiary/aromatic N) is 1. The molecule has 0 fully saturated rings. The lowest BCUT2D eigenvalue weighted by molar-refractivity contribution is -0.131. The van der Waals surface area contributed by atoms with Crippen LogP contribution in [0.1, 0.15) is 11.1 Å². The Kier molecular flexibility index (Phi) is 5.06. The SMILES string of the molecule is CN(Cc1ccccc1F)C(=O)[C@H](N)Cc1ccccc1. The van der Waals surface area contributed by atoms with Gasteiger partial charge in [0.2, 0.25) is 5.91 Å². The lowest BCUT2D eigenvalue weighted by Crippen LogP contribution is -2.42. The molecule has 0 aliphatic rings. The molecule has 1 amide bonds. The van der Waals surface area contributed by atoms with Crippen molar-refractivity contribution in [3.63, 3.8) is 0 Å². The summed E-state index contributed by atoms with van der Waals surface area (Å²) in [5.74, 6) is -0.504. The molecule has 0 saturated heterocycles. The Morgan fingerprint density at radius 2 is 1.76 bits per heavy atom. The molecule has 21 heavy (non-hydrogen) atoms. The maximum atomic E-state index is 13.6. The normalized spacial score (nSPS) is 12.0. The van der Waals surface area contributed by atoms with Crippen LogP contribution in [0.3, 0.4) is 0 Å². The zero-order chi connectivity index (χ0) is 15.2. The molecule has 0 spiro atoms. The smallest absolute Gasteiger partial charge is 0.239 e.